The van der Waals surface area contributed by atoms with E-state index < -0.39 is 0 Å². The van der Waals surface area contributed by atoms with Gasteiger partial charge >= 0.3 is 0 Å². The highest BCUT2D eigenvalue weighted by Crippen LogP contribution is 2.16. The first-order valence-electron chi connectivity index (χ1n) is 9.31. The Morgan fingerprint density at radius 3 is 2.26 bits per heavy atom. The van der Waals surface area contributed by atoms with Crippen LogP contribution in [0.25, 0.3) is 0 Å². The molecule has 27 heavy (non-hydrogen) atoms. The molecule has 142 valence electrons. The first-order valence-corrected chi connectivity index (χ1v) is 10.1. The molecule has 1 aliphatic heterocycles. The van der Waals surface area contributed by atoms with Gasteiger partial charge in [-0.25, -0.2) is 0 Å². The maximum absolute atomic E-state index is 12.5. The van der Waals surface area contributed by atoms with Crippen LogP contribution in [0.3, 0.4) is 0 Å². The summed E-state index contributed by atoms with van der Waals surface area (Å²) >= 11 is 3.38. The fourth-order valence-corrected chi connectivity index (χ4v) is 3.36. The average Bonchev–Trinajstić information content (AvgIpc) is 2.70. The van der Waals surface area contributed by atoms with Gasteiger partial charge in [-0.15, -0.1) is 0 Å². The molecule has 2 aromatic carbocycles. The van der Waals surface area contributed by atoms with Crippen LogP contribution in [0.1, 0.15) is 28.8 Å². The van der Waals surface area contributed by atoms with Crippen molar-refractivity contribution < 1.29 is 9.90 Å². The Morgan fingerprint density at radius 2 is 1.63 bits per heavy atom. The molecule has 0 aromatic heterocycles. The third-order valence-electron chi connectivity index (χ3n) is 4.76. The van der Waals surface area contributed by atoms with E-state index in [2.05, 4.69) is 38.3 Å². The molecule has 1 fully saturated rings. The monoisotopic (exact) mass is 428 g/mol. The highest BCUT2D eigenvalue weighted by Gasteiger charge is 2.15. The van der Waals surface area contributed by atoms with Crippen molar-refractivity contribution >= 4 is 27.4 Å². The molecule has 1 heterocycles. The van der Waals surface area contributed by atoms with Gasteiger partial charge in [-0.2, -0.15) is 0 Å². The van der Waals surface area contributed by atoms with Gasteiger partial charge in [-0.3, -0.25) is 9.69 Å². The average molecular weight is 429 g/mol. The number of likely N-dealkylation sites (tertiary alicyclic amines) is 1. The topological polar surface area (TPSA) is 52.6 Å². The van der Waals surface area contributed by atoms with Crippen LogP contribution in [0.4, 0.5) is 5.69 Å². The SMILES string of the molecule is O=C(c1ccc(Br)cc1)c1ccc(NC/C=C/CN2CCC(O)CC2)cc1. The largest absolute Gasteiger partial charge is 0.393 e. The van der Waals surface area contributed by atoms with Gasteiger partial charge in [0.25, 0.3) is 0 Å². The van der Waals surface area contributed by atoms with Crippen LogP contribution in [0, 0.1) is 0 Å². The second kappa shape index (κ2) is 9.83. The first kappa shape index (κ1) is 19.8. The summed E-state index contributed by atoms with van der Waals surface area (Å²) in [5.41, 5.74) is 2.37. The van der Waals surface area contributed by atoms with Crippen molar-refractivity contribution in [1.82, 2.24) is 4.90 Å². The van der Waals surface area contributed by atoms with Crippen LogP contribution in [0.5, 0.6) is 0 Å². The van der Waals surface area contributed by atoms with E-state index in [1.807, 2.05) is 48.5 Å². The van der Waals surface area contributed by atoms with Gasteiger partial charge in [-0.05, 0) is 61.4 Å². The fraction of sp³-hybridized carbons (Fsp3) is 0.318. The van der Waals surface area contributed by atoms with Crippen molar-refractivity contribution in [3.8, 4) is 0 Å². The van der Waals surface area contributed by atoms with E-state index in [1.54, 1.807) is 0 Å². The minimum atomic E-state index is -0.120. The molecule has 2 aromatic rings. The van der Waals surface area contributed by atoms with Crippen LogP contribution < -0.4 is 5.32 Å². The first-order chi connectivity index (χ1) is 13.1. The number of ketones is 1. The van der Waals surface area contributed by atoms with Crippen molar-refractivity contribution in [3.63, 3.8) is 0 Å². The van der Waals surface area contributed by atoms with Crippen LogP contribution in [0.15, 0.2) is 65.2 Å². The Morgan fingerprint density at radius 1 is 1.04 bits per heavy atom. The third-order valence-corrected chi connectivity index (χ3v) is 5.29. The number of piperidine rings is 1. The molecular weight excluding hydrogens is 404 g/mol. The standard InChI is InChI=1S/C22H25BrN2O2/c23-19-7-3-17(4-8-19)22(27)18-5-9-20(10-6-18)24-13-1-2-14-25-15-11-21(26)12-16-25/h1-10,21,24,26H,11-16H2/b2-1+. The molecule has 5 heteroatoms. The molecule has 3 rings (SSSR count). The fourth-order valence-electron chi connectivity index (χ4n) is 3.09. The molecule has 0 atom stereocenters. The maximum Gasteiger partial charge on any atom is 0.193 e. The molecule has 2 N–H and O–H groups in total. The minimum absolute atomic E-state index is 0.0283. The molecule has 0 bridgehead atoms. The van der Waals surface area contributed by atoms with Crippen molar-refractivity contribution in [2.45, 2.75) is 18.9 Å². The number of hydrogen-bond donors (Lipinski definition) is 2. The van der Waals surface area contributed by atoms with E-state index >= 15 is 0 Å². The Kier molecular flexibility index (Phi) is 7.21. The summed E-state index contributed by atoms with van der Waals surface area (Å²) in [6.07, 6.45) is 5.90. The molecule has 1 aliphatic rings. The summed E-state index contributed by atoms with van der Waals surface area (Å²) in [6.45, 7) is 3.60. The highest BCUT2D eigenvalue weighted by atomic mass is 79.9. The number of hydrogen-bond acceptors (Lipinski definition) is 4. The lowest BCUT2D eigenvalue weighted by molar-refractivity contribution is 0.0880. The smallest absolute Gasteiger partial charge is 0.193 e. The second-order valence-corrected chi connectivity index (χ2v) is 7.71. The lowest BCUT2D eigenvalue weighted by Gasteiger charge is -2.28. The van der Waals surface area contributed by atoms with E-state index in [0.29, 0.717) is 11.1 Å². The van der Waals surface area contributed by atoms with Crippen LogP contribution in [-0.4, -0.2) is 48.1 Å². The number of anilines is 1. The number of halogens is 1. The van der Waals surface area contributed by atoms with Crippen LogP contribution in [0.2, 0.25) is 0 Å². The van der Waals surface area contributed by atoms with Gasteiger partial charge in [0.1, 0.15) is 0 Å². The summed E-state index contributed by atoms with van der Waals surface area (Å²) in [5, 5.41) is 12.9. The molecule has 1 saturated heterocycles. The van der Waals surface area contributed by atoms with Crippen LogP contribution in [-0.2, 0) is 0 Å². The molecule has 0 radical (unpaired) electrons. The normalized spacial score (nSPS) is 15.9. The molecular formula is C22H25BrN2O2. The van der Waals surface area contributed by atoms with Crippen molar-refractivity contribution in [3.05, 3.63) is 76.3 Å². The second-order valence-electron chi connectivity index (χ2n) is 6.80. The lowest BCUT2D eigenvalue weighted by Crippen LogP contribution is -2.35. The maximum atomic E-state index is 12.5. The Labute approximate surface area is 169 Å². The summed E-state index contributed by atoms with van der Waals surface area (Å²) < 4.78 is 0.963. The van der Waals surface area contributed by atoms with E-state index in [-0.39, 0.29) is 11.9 Å². The third kappa shape index (κ3) is 6.03. The van der Waals surface area contributed by atoms with Crippen molar-refractivity contribution in [1.29, 1.82) is 0 Å². The van der Waals surface area contributed by atoms with E-state index in [0.717, 1.165) is 49.2 Å². The summed E-state index contributed by atoms with van der Waals surface area (Å²) in [5.74, 6) is 0.0283. The Hall–Kier alpha value is -1.95. The lowest BCUT2D eigenvalue weighted by atomic mass is 10.0. The zero-order valence-electron chi connectivity index (χ0n) is 15.3. The van der Waals surface area contributed by atoms with Crippen molar-refractivity contribution in [2.75, 3.05) is 31.5 Å². The number of nitrogens with one attached hydrogen (secondary N) is 1. The predicted molar refractivity (Wildman–Crippen MR) is 113 cm³/mol. The quantitative estimate of drug-likeness (QED) is 0.514. The Bertz CT molecular complexity index is 764. The zero-order chi connectivity index (χ0) is 19.1. The van der Waals surface area contributed by atoms with Gasteiger partial charge in [0.15, 0.2) is 5.78 Å². The molecule has 4 nitrogen and oxygen atoms in total. The number of aliphatic hydroxyl groups excluding tert-OH is 1. The van der Waals surface area contributed by atoms with Gasteiger partial charge < -0.3 is 10.4 Å². The molecule has 0 aliphatic carbocycles. The number of benzene rings is 2. The number of aliphatic hydroxyl groups is 1. The zero-order valence-corrected chi connectivity index (χ0v) is 16.9. The van der Waals surface area contributed by atoms with E-state index in [4.69, 9.17) is 0 Å². The van der Waals surface area contributed by atoms with Crippen LogP contribution >= 0.6 is 15.9 Å². The summed E-state index contributed by atoms with van der Waals surface area (Å²) in [7, 11) is 0. The molecule has 0 spiro atoms. The van der Waals surface area contributed by atoms with Gasteiger partial charge in [-0.1, -0.05) is 28.1 Å². The highest BCUT2D eigenvalue weighted by molar-refractivity contribution is 9.10. The van der Waals surface area contributed by atoms with E-state index in [9.17, 15) is 9.90 Å². The van der Waals surface area contributed by atoms with Gasteiger partial charge in [0.2, 0.25) is 0 Å². The van der Waals surface area contributed by atoms with Crippen molar-refractivity contribution in [2.24, 2.45) is 0 Å². The van der Waals surface area contributed by atoms with E-state index in [1.165, 1.54) is 0 Å². The van der Waals surface area contributed by atoms with Gasteiger partial charge in [0, 0.05) is 47.5 Å². The Balaban J connectivity index is 1.44. The number of carbonyl (C=O) groups is 1. The predicted octanol–water partition coefficient (Wildman–Crippen LogP) is 4.10. The number of rotatable bonds is 7. The summed E-state index contributed by atoms with van der Waals surface area (Å²) in [4.78, 5) is 14.8. The molecule has 0 saturated carbocycles. The summed E-state index contributed by atoms with van der Waals surface area (Å²) in [6, 6.07) is 15.0. The number of nitrogens with zero attached hydrogens (tertiary/aromatic N) is 1. The molecule has 0 amide bonds. The molecule has 0 unspecified atom stereocenters. The minimum Gasteiger partial charge on any atom is -0.393 e. The number of carbonyl (C=O) groups excluding carboxylic acids is 1. The van der Waals surface area contributed by atoms with Gasteiger partial charge in [0.05, 0.1) is 6.10 Å².